The lowest BCUT2D eigenvalue weighted by Gasteiger charge is -2.59. The standard InChI is InChI=1S/C22H27Cl2NO2/c1-13(22-10-14-5-15(11-22)7-16(6-14)12-22)25-20(26)4-3-17-8-18(23)9-19(24)21(17)27-2/h3-4,8-9,13-16H,5-7,10-12H2,1-2H3,(H,25,26)/b4-3+/t13-,14?,15?,16?,22?/m1/s1. The highest BCUT2D eigenvalue weighted by atomic mass is 35.5. The van der Waals surface area contributed by atoms with E-state index in [2.05, 4.69) is 12.2 Å². The van der Waals surface area contributed by atoms with E-state index in [0.717, 1.165) is 17.8 Å². The van der Waals surface area contributed by atoms with E-state index in [1.807, 2.05) is 0 Å². The number of rotatable bonds is 5. The van der Waals surface area contributed by atoms with E-state index in [9.17, 15) is 4.79 Å². The Bertz CT molecular complexity index is 739. The van der Waals surface area contributed by atoms with Crippen LogP contribution in [0.3, 0.4) is 0 Å². The molecule has 1 aromatic rings. The van der Waals surface area contributed by atoms with E-state index < -0.39 is 0 Å². The monoisotopic (exact) mass is 407 g/mol. The fraction of sp³-hybridized carbons (Fsp3) is 0.591. The summed E-state index contributed by atoms with van der Waals surface area (Å²) >= 11 is 12.2. The minimum atomic E-state index is -0.0728. The molecule has 1 aromatic carbocycles. The van der Waals surface area contributed by atoms with Crippen LogP contribution in [-0.4, -0.2) is 19.1 Å². The van der Waals surface area contributed by atoms with E-state index in [4.69, 9.17) is 27.9 Å². The molecule has 27 heavy (non-hydrogen) atoms. The molecule has 4 saturated carbocycles. The molecule has 146 valence electrons. The Labute approximate surface area is 171 Å². The summed E-state index contributed by atoms with van der Waals surface area (Å²) in [6, 6.07) is 3.58. The topological polar surface area (TPSA) is 38.3 Å². The molecule has 1 amide bonds. The lowest BCUT2D eigenvalue weighted by Crippen LogP contribution is -2.55. The number of ether oxygens (including phenoxy) is 1. The fourth-order valence-corrected chi connectivity index (χ4v) is 6.79. The zero-order valence-electron chi connectivity index (χ0n) is 15.9. The van der Waals surface area contributed by atoms with Crippen molar-refractivity contribution >= 4 is 35.2 Å². The Morgan fingerprint density at radius 3 is 2.33 bits per heavy atom. The Balaban J connectivity index is 1.45. The van der Waals surface area contributed by atoms with Gasteiger partial charge in [0, 0.05) is 22.7 Å². The minimum Gasteiger partial charge on any atom is -0.495 e. The minimum absolute atomic E-state index is 0.0728. The van der Waals surface area contributed by atoms with Crippen molar-refractivity contribution in [2.45, 2.75) is 51.5 Å². The number of carbonyl (C=O) groups is 1. The summed E-state index contributed by atoms with van der Waals surface area (Å²) in [5.74, 6) is 3.09. The molecular weight excluding hydrogens is 381 g/mol. The molecule has 1 N–H and O–H groups in total. The van der Waals surface area contributed by atoms with Crippen molar-refractivity contribution < 1.29 is 9.53 Å². The maximum atomic E-state index is 12.6. The van der Waals surface area contributed by atoms with Gasteiger partial charge in [-0.15, -0.1) is 0 Å². The molecule has 4 fully saturated rings. The normalized spacial score (nSPS) is 32.7. The number of hydrogen-bond donors (Lipinski definition) is 1. The molecule has 1 atom stereocenters. The lowest BCUT2D eigenvalue weighted by molar-refractivity contribution is -0.121. The Kier molecular flexibility index (Phi) is 5.20. The van der Waals surface area contributed by atoms with Crippen LogP contribution in [0.4, 0.5) is 0 Å². The SMILES string of the molecule is COc1c(Cl)cc(Cl)cc1/C=C/C(=O)N[C@H](C)C12CC3CC(CC(C3)C1)C2. The van der Waals surface area contributed by atoms with Crippen molar-refractivity contribution in [3.05, 3.63) is 33.8 Å². The molecule has 0 unspecified atom stereocenters. The third-order valence-electron chi connectivity index (χ3n) is 7.02. The number of nitrogens with one attached hydrogen (secondary N) is 1. The highest BCUT2D eigenvalue weighted by molar-refractivity contribution is 6.36. The first-order valence-electron chi connectivity index (χ1n) is 9.90. The summed E-state index contributed by atoms with van der Waals surface area (Å²) in [5, 5.41) is 4.19. The predicted molar refractivity (Wildman–Crippen MR) is 110 cm³/mol. The van der Waals surface area contributed by atoms with Gasteiger partial charge >= 0.3 is 0 Å². The van der Waals surface area contributed by atoms with Crippen LogP contribution >= 0.6 is 23.2 Å². The average molecular weight is 408 g/mol. The van der Waals surface area contributed by atoms with Crippen molar-refractivity contribution in [3.63, 3.8) is 0 Å². The smallest absolute Gasteiger partial charge is 0.244 e. The van der Waals surface area contributed by atoms with Crippen LogP contribution in [-0.2, 0) is 4.79 Å². The van der Waals surface area contributed by atoms with Gasteiger partial charge in [-0.25, -0.2) is 0 Å². The quantitative estimate of drug-likeness (QED) is 0.632. The van der Waals surface area contributed by atoms with Gasteiger partial charge in [-0.2, -0.15) is 0 Å². The first kappa shape index (κ1) is 19.1. The number of hydrogen-bond acceptors (Lipinski definition) is 2. The second kappa shape index (κ2) is 7.33. The van der Waals surface area contributed by atoms with Crippen LogP contribution in [0.2, 0.25) is 10.0 Å². The Morgan fingerprint density at radius 1 is 1.19 bits per heavy atom. The molecule has 0 heterocycles. The molecule has 0 aromatic heterocycles. The molecule has 0 aliphatic heterocycles. The fourth-order valence-electron chi connectivity index (χ4n) is 6.21. The van der Waals surface area contributed by atoms with Gasteiger partial charge in [0.25, 0.3) is 0 Å². The molecule has 5 heteroatoms. The van der Waals surface area contributed by atoms with Gasteiger partial charge in [0.05, 0.1) is 12.1 Å². The molecule has 0 saturated heterocycles. The zero-order chi connectivity index (χ0) is 19.2. The molecule has 0 radical (unpaired) electrons. The lowest BCUT2D eigenvalue weighted by atomic mass is 9.48. The van der Waals surface area contributed by atoms with Gasteiger partial charge in [-0.3, -0.25) is 4.79 Å². The average Bonchev–Trinajstić information content (AvgIpc) is 2.58. The van der Waals surface area contributed by atoms with Gasteiger partial charge < -0.3 is 10.1 Å². The first-order valence-corrected chi connectivity index (χ1v) is 10.7. The van der Waals surface area contributed by atoms with Crippen molar-refractivity contribution in [1.29, 1.82) is 0 Å². The maximum Gasteiger partial charge on any atom is 0.244 e. The number of amides is 1. The van der Waals surface area contributed by atoms with Gasteiger partial charge in [0.15, 0.2) is 0 Å². The maximum absolute atomic E-state index is 12.6. The number of halogens is 2. The van der Waals surface area contributed by atoms with Crippen molar-refractivity contribution in [2.24, 2.45) is 23.2 Å². The van der Waals surface area contributed by atoms with Gasteiger partial charge in [-0.05, 0) is 86.8 Å². The number of methoxy groups -OCH3 is 1. The van der Waals surface area contributed by atoms with Crippen LogP contribution in [0.15, 0.2) is 18.2 Å². The third-order valence-corrected chi connectivity index (χ3v) is 7.52. The predicted octanol–water partition coefficient (Wildman–Crippen LogP) is 5.74. The van der Waals surface area contributed by atoms with Crippen molar-refractivity contribution in [3.8, 4) is 5.75 Å². The summed E-state index contributed by atoms with van der Waals surface area (Å²) < 4.78 is 5.34. The third kappa shape index (κ3) is 3.73. The second-order valence-corrected chi connectivity index (χ2v) is 9.70. The van der Waals surface area contributed by atoms with Crippen molar-refractivity contribution in [2.75, 3.05) is 7.11 Å². The van der Waals surface area contributed by atoms with Crippen LogP contribution in [0, 0.1) is 23.2 Å². The van der Waals surface area contributed by atoms with Crippen molar-refractivity contribution in [1.82, 2.24) is 5.32 Å². The molecule has 4 bridgehead atoms. The van der Waals surface area contributed by atoms with E-state index in [0.29, 0.717) is 26.8 Å². The summed E-state index contributed by atoms with van der Waals surface area (Å²) in [6.45, 7) is 2.19. The van der Waals surface area contributed by atoms with E-state index >= 15 is 0 Å². The number of carbonyl (C=O) groups excluding carboxylic acids is 1. The van der Waals surface area contributed by atoms with Crippen LogP contribution in [0.5, 0.6) is 5.75 Å². The molecule has 4 aliphatic rings. The largest absolute Gasteiger partial charge is 0.495 e. The summed E-state index contributed by atoms with van der Waals surface area (Å²) in [7, 11) is 1.56. The molecule has 5 rings (SSSR count). The molecule has 3 nitrogen and oxygen atoms in total. The van der Waals surface area contributed by atoms with Gasteiger partial charge in [-0.1, -0.05) is 23.2 Å². The first-order chi connectivity index (χ1) is 12.9. The molecule has 4 aliphatic carbocycles. The zero-order valence-corrected chi connectivity index (χ0v) is 17.4. The summed E-state index contributed by atoms with van der Waals surface area (Å²) in [5.41, 5.74) is 1.00. The Hall–Kier alpha value is -1.19. The van der Waals surface area contributed by atoms with Gasteiger partial charge in [0.2, 0.25) is 5.91 Å². The van der Waals surface area contributed by atoms with E-state index in [1.165, 1.54) is 38.5 Å². The van der Waals surface area contributed by atoms with Crippen LogP contribution in [0.1, 0.15) is 51.0 Å². The van der Waals surface area contributed by atoms with Crippen LogP contribution < -0.4 is 10.1 Å². The molecule has 0 spiro atoms. The summed E-state index contributed by atoms with van der Waals surface area (Å²) in [4.78, 5) is 12.6. The van der Waals surface area contributed by atoms with E-state index in [1.54, 1.807) is 31.4 Å². The van der Waals surface area contributed by atoms with Crippen LogP contribution in [0.25, 0.3) is 6.08 Å². The number of benzene rings is 1. The second-order valence-electron chi connectivity index (χ2n) is 8.85. The van der Waals surface area contributed by atoms with E-state index in [-0.39, 0.29) is 11.9 Å². The summed E-state index contributed by atoms with van der Waals surface area (Å²) in [6.07, 6.45) is 11.4. The highest BCUT2D eigenvalue weighted by Crippen LogP contribution is 2.61. The molecular formula is C22H27Cl2NO2. The van der Waals surface area contributed by atoms with Gasteiger partial charge in [0.1, 0.15) is 5.75 Å². The highest BCUT2D eigenvalue weighted by Gasteiger charge is 2.53. The Morgan fingerprint density at radius 2 is 1.78 bits per heavy atom.